The Morgan fingerprint density at radius 1 is 0.833 bits per heavy atom. The molecule has 0 radical (unpaired) electrons. The van der Waals surface area contributed by atoms with Crippen LogP contribution in [0.1, 0.15) is 104 Å². The quantitative estimate of drug-likeness (QED) is 0.133. The normalized spacial score (nSPS) is 12.2. The molecule has 1 N–H and O–H groups in total. The Morgan fingerprint density at radius 3 is 2.02 bits per heavy atom. The van der Waals surface area contributed by atoms with Crippen LogP contribution in [0.4, 0.5) is 13.2 Å². The van der Waals surface area contributed by atoms with Gasteiger partial charge in [-0.1, -0.05) is 77.0 Å². The highest BCUT2D eigenvalue weighted by Gasteiger charge is 2.42. The fourth-order valence-electron chi connectivity index (χ4n) is 4.70. The number of aromatic nitrogens is 2. The number of aryl methyl sites for hydroxylation is 1. The molecule has 2 aromatic carbocycles. The van der Waals surface area contributed by atoms with Crippen LogP contribution in [0.2, 0.25) is 0 Å². The first-order valence-electron chi connectivity index (χ1n) is 14.7. The molecule has 0 aliphatic rings. The highest BCUT2D eigenvalue weighted by molar-refractivity contribution is 5.97. The number of alkyl halides is 3. The first-order chi connectivity index (χ1) is 20.1. The highest BCUT2D eigenvalue weighted by Crippen LogP contribution is 2.31. The fourth-order valence-corrected chi connectivity index (χ4v) is 4.70. The Kier molecular flexibility index (Phi) is 12.5. The predicted molar refractivity (Wildman–Crippen MR) is 156 cm³/mol. The van der Waals surface area contributed by atoms with Crippen LogP contribution in [0.5, 0.6) is 0 Å². The minimum Gasteiger partial charge on any atom is -0.478 e. The summed E-state index contributed by atoms with van der Waals surface area (Å²) in [6.07, 6.45) is 5.84. The van der Waals surface area contributed by atoms with Crippen molar-refractivity contribution >= 4 is 11.9 Å². The largest absolute Gasteiger partial charge is 0.478 e. The summed E-state index contributed by atoms with van der Waals surface area (Å²) in [5.74, 6) is -1.78. The highest BCUT2D eigenvalue weighted by atomic mass is 19.4. The summed E-state index contributed by atoms with van der Waals surface area (Å²) in [6.45, 7) is 4.14. The van der Waals surface area contributed by atoms with Gasteiger partial charge in [0.05, 0.1) is 11.1 Å². The molecule has 0 fully saturated rings. The van der Waals surface area contributed by atoms with Gasteiger partial charge in [-0.05, 0) is 66.6 Å². The number of carbonyl (C=O) groups is 2. The van der Waals surface area contributed by atoms with E-state index in [-0.39, 0.29) is 17.5 Å². The first-order valence-corrected chi connectivity index (χ1v) is 14.7. The monoisotopic (exact) mass is 584 g/mol. The minimum atomic E-state index is -4.66. The number of halogens is 3. The fraction of sp³-hybridized carbons (Fsp3) is 0.455. The van der Waals surface area contributed by atoms with Gasteiger partial charge in [0.15, 0.2) is 11.9 Å². The topological polar surface area (TPSA) is 89.4 Å². The van der Waals surface area contributed by atoms with E-state index in [1.54, 1.807) is 24.5 Å². The lowest BCUT2D eigenvalue weighted by molar-refractivity contribution is -0.206. The van der Waals surface area contributed by atoms with Gasteiger partial charge in [0.2, 0.25) is 0 Å². The summed E-state index contributed by atoms with van der Waals surface area (Å²) in [4.78, 5) is 33.5. The van der Waals surface area contributed by atoms with Crippen LogP contribution >= 0.6 is 0 Å². The Hall–Kier alpha value is -3.75. The van der Waals surface area contributed by atoms with E-state index in [1.807, 2.05) is 6.92 Å². The minimum absolute atomic E-state index is 0.0296. The third-order valence-corrected chi connectivity index (χ3v) is 7.15. The predicted octanol–water partition coefficient (Wildman–Crippen LogP) is 9.08. The maximum Gasteiger partial charge on any atom is 0.425 e. The summed E-state index contributed by atoms with van der Waals surface area (Å²) in [5.41, 5.74) is 2.47. The van der Waals surface area contributed by atoms with Crippen LogP contribution in [0.25, 0.3) is 22.5 Å². The lowest BCUT2D eigenvalue weighted by atomic mass is 9.96. The zero-order valence-electron chi connectivity index (χ0n) is 24.3. The van der Waals surface area contributed by atoms with E-state index in [2.05, 4.69) is 16.9 Å². The summed E-state index contributed by atoms with van der Waals surface area (Å²) in [7, 11) is 0. The van der Waals surface area contributed by atoms with Gasteiger partial charge in [0, 0.05) is 18.0 Å². The van der Waals surface area contributed by atoms with Crippen molar-refractivity contribution in [1.29, 1.82) is 0 Å². The van der Waals surface area contributed by atoms with Gasteiger partial charge in [-0.15, -0.1) is 0 Å². The lowest BCUT2D eigenvalue weighted by Crippen LogP contribution is -2.33. The standard InChI is InChI=1S/C33H39F3N2O4/c1-3-5-7-9-10-12-23-21-37-30(38-22-23)26-18-19-27(31(39)40)28(20-26)24-14-16-25(17-15-24)32(41)42-29(33(34,35)36)13-11-8-6-4-2/h14-22,29H,3-13H2,1-2H3,(H,39,40)/t29-/m0/s1. The number of benzene rings is 2. The molecule has 9 heteroatoms. The maximum absolute atomic E-state index is 13.5. The molecule has 226 valence electrons. The number of carboxylic acid groups (broad SMARTS) is 1. The van der Waals surface area contributed by atoms with E-state index in [9.17, 15) is 27.9 Å². The van der Waals surface area contributed by atoms with Gasteiger partial charge in [-0.3, -0.25) is 0 Å². The van der Waals surface area contributed by atoms with Crippen LogP contribution in [0, 0.1) is 0 Å². The molecule has 0 saturated heterocycles. The first kappa shape index (κ1) is 32.8. The number of aromatic carboxylic acids is 1. The number of carboxylic acids is 1. The van der Waals surface area contributed by atoms with Crippen molar-refractivity contribution in [3.05, 3.63) is 71.5 Å². The van der Waals surface area contributed by atoms with Crippen LogP contribution in [0.15, 0.2) is 54.9 Å². The Bertz CT molecular complexity index is 1290. The second-order valence-electron chi connectivity index (χ2n) is 10.5. The van der Waals surface area contributed by atoms with Gasteiger partial charge in [-0.25, -0.2) is 19.6 Å². The molecular weight excluding hydrogens is 545 g/mol. The molecular formula is C33H39F3N2O4. The molecule has 0 unspecified atom stereocenters. The average molecular weight is 585 g/mol. The van der Waals surface area contributed by atoms with Gasteiger partial charge in [0.1, 0.15) is 0 Å². The van der Waals surface area contributed by atoms with Crippen LogP contribution in [-0.4, -0.2) is 39.3 Å². The molecule has 0 aliphatic carbocycles. The van der Waals surface area contributed by atoms with E-state index < -0.39 is 24.2 Å². The third-order valence-electron chi connectivity index (χ3n) is 7.15. The Labute approximate surface area is 245 Å². The van der Waals surface area contributed by atoms with Crippen molar-refractivity contribution < 1.29 is 32.6 Å². The van der Waals surface area contributed by atoms with E-state index in [4.69, 9.17) is 4.74 Å². The number of carbonyl (C=O) groups excluding carboxylic acids is 1. The van der Waals surface area contributed by atoms with Crippen molar-refractivity contribution in [2.75, 3.05) is 0 Å². The molecule has 1 heterocycles. The van der Waals surface area contributed by atoms with Crippen molar-refractivity contribution in [2.24, 2.45) is 0 Å². The molecule has 3 aromatic rings. The third kappa shape index (κ3) is 9.67. The van der Waals surface area contributed by atoms with Crippen LogP contribution in [0.3, 0.4) is 0 Å². The summed E-state index contributed by atoms with van der Waals surface area (Å²) < 4.78 is 45.2. The molecule has 0 bridgehead atoms. The molecule has 1 aromatic heterocycles. The zero-order valence-corrected chi connectivity index (χ0v) is 24.3. The smallest absolute Gasteiger partial charge is 0.425 e. The van der Waals surface area contributed by atoms with Crippen molar-refractivity contribution in [1.82, 2.24) is 9.97 Å². The van der Waals surface area contributed by atoms with E-state index in [0.717, 1.165) is 37.7 Å². The zero-order chi connectivity index (χ0) is 30.5. The Morgan fingerprint density at radius 2 is 1.43 bits per heavy atom. The van der Waals surface area contributed by atoms with Gasteiger partial charge >= 0.3 is 18.1 Å². The van der Waals surface area contributed by atoms with E-state index >= 15 is 0 Å². The second kappa shape index (κ2) is 16.0. The number of rotatable bonds is 16. The maximum atomic E-state index is 13.5. The number of hydrogen-bond acceptors (Lipinski definition) is 5. The number of esters is 1. The lowest BCUT2D eigenvalue weighted by Gasteiger charge is -2.20. The van der Waals surface area contributed by atoms with Crippen LogP contribution < -0.4 is 0 Å². The van der Waals surface area contributed by atoms with Crippen molar-refractivity contribution in [3.8, 4) is 22.5 Å². The van der Waals surface area contributed by atoms with Crippen LogP contribution in [-0.2, 0) is 11.2 Å². The van der Waals surface area contributed by atoms with E-state index in [1.165, 1.54) is 49.6 Å². The Balaban J connectivity index is 1.76. The average Bonchev–Trinajstić information content (AvgIpc) is 2.98. The van der Waals surface area contributed by atoms with Gasteiger partial charge in [-0.2, -0.15) is 13.2 Å². The molecule has 3 rings (SSSR count). The van der Waals surface area contributed by atoms with Gasteiger partial charge < -0.3 is 9.84 Å². The molecule has 1 atom stereocenters. The molecule has 0 aliphatic heterocycles. The number of nitrogens with zero attached hydrogens (tertiary/aromatic N) is 2. The molecule has 0 saturated carbocycles. The molecule has 42 heavy (non-hydrogen) atoms. The summed E-state index contributed by atoms with van der Waals surface area (Å²) in [6, 6.07) is 10.4. The number of hydrogen-bond donors (Lipinski definition) is 1. The van der Waals surface area contributed by atoms with Gasteiger partial charge in [0.25, 0.3) is 0 Å². The molecule has 0 amide bonds. The van der Waals surface area contributed by atoms with Crippen molar-refractivity contribution in [3.63, 3.8) is 0 Å². The summed E-state index contributed by atoms with van der Waals surface area (Å²) in [5, 5.41) is 9.77. The number of unbranched alkanes of at least 4 members (excludes halogenated alkanes) is 7. The molecule has 6 nitrogen and oxygen atoms in total. The SMILES string of the molecule is CCCCCCCc1cnc(-c2ccc(C(=O)O)c(-c3ccc(C(=O)O[C@@H](CCCCCC)C(F)(F)F)cc3)c2)nc1. The summed E-state index contributed by atoms with van der Waals surface area (Å²) >= 11 is 0. The second-order valence-corrected chi connectivity index (χ2v) is 10.5. The number of ether oxygens (including phenoxy) is 1. The van der Waals surface area contributed by atoms with Crippen molar-refractivity contribution in [2.45, 2.75) is 96.8 Å². The molecule has 0 spiro atoms. The van der Waals surface area contributed by atoms with E-state index in [0.29, 0.717) is 35.4 Å².